The lowest BCUT2D eigenvalue weighted by Crippen LogP contribution is -2.00. The summed E-state index contributed by atoms with van der Waals surface area (Å²) in [6.45, 7) is 2.00. The molecule has 92 valence electrons. The van der Waals surface area contributed by atoms with Crippen LogP contribution in [0.25, 0.3) is 0 Å². The van der Waals surface area contributed by atoms with E-state index in [-0.39, 0.29) is 5.69 Å². The average Bonchev–Trinajstić information content (AvgIpc) is 2.36. The molecular weight excluding hydrogens is 296 g/mol. The Kier molecular flexibility index (Phi) is 3.62. The van der Waals surface area contributed by atoms with Crippen LogP contribution in [0.4, 0.5) is 11.4 Å². The minimum atomic E-state index is -1.03. The number of rotatable bonds is 3. The first-order valence-electron chi connectivity index (χ1n) is 5.29. The van der Waals surface area contributed by atoms with Gasteiger partial charge in [0.2, 0.25) is 0 Å². The van der Waals surface area contributed by atoms with Gasteiger partial charge in [-0.1, -0.05) is 12.1 Å². The van der Waals surface area contributed by atoms with Crippen molar-refractivity contribution in [2.24, 2.45) is 0 Å². The minimum absolute atomic E-state index is 0.0313. The van der Waals surface area contributed by atoms with Gasteiger partial charge in [-0.2, -0.15) is 0 Å². The van der Waals surface area contributed by atoms with Crippen molar-refractivity contribution in [3.63, 3.8) is 0 Å². The Morgan fingerprint density at radius 1 is 1.33 bits per heavy atom. The molecule has 0 unspecified atom stereocenters. The Bertz CT molecular complexity index is 582. The average molecular weight is 307 g/mol. The fourth-order valence-corrected chi connectivity index (χ4v) is 1.86. The Morgan fingerprint density at radius 2 is 2.11 bits per heavy atom. The molecule has 0 saturated heterocycles. The van der Waals surface area contributed by atoms with E-state index in [0.29, 0.717) is 0 Å². The van der Waals surface area contributed by atoms with Crippen LogP contribution in [-0.4, -0.2) is 16.1 Å². The lowest BCUT2D eigenvalue weighted by atomic mass is 10.2. The zero-order valence-electron chi connectivity index (χ0n) is 9.64. The molecule has 1 heterocycles. The molecule has 2 aromatic rings. The predicted molar refractivity (Wildman–Crippen MR) is 73.4 cm³/mol. The summed E-state index contributed by atoms with van der Waals surface area (Å²) in [7, 11) is 0. The minimum Gasteiger partial charge on any atom is -0.477 e. The van der Waals surface area contributed by atoms with Gasteiger partial charge in [0.25, 0.3) is 0 Å². The summed E-state index contributed by atoms with van der Waals surface area (Å²) in [5, 5.41) is 11.9. The van der Waals surface area contributed by atoms with Crippen LogP contribution < -0.4 is 5.32 Å². The summed E-state index contributed by atoms with van der Waals surface area (Å²) >= 11 is 3.50. The molecule has 0 atom stereocenters. The molecule has 1 aromatic heterocycles. The van der Waals surface area contributed by atoms with Crippen LogP contribution in [0, 0.1) is 6.92 Å². The predicted octanol–water partition coefficient (Wildman–Crippen LogP) is 3.59. The number of aromatic carboxylic acids is 1. The lowest BCUT2D eigenvalue weighted by Gasteiger charge is -2.09. The van der Waals surface area contributed by atoms with E-state index in [9.17, 15) is 4.79 Å². The highest BCUT2D eigenvalue weighted by molar-refractivity contribution is 9.10. The summed E-state index contributed by atoms with van der Waals surface area (Å²) in [6.07, 6.45) is 1.50. The molecule has 0 aliphatic rings. The number of anilines is 2. The van der Waals surface area contributed by atoms with Crippen LogP contribution >= 0.6 is 15.9 Å². The van der Waals surface area contributed by atoms with E-state index in [0.717, 1.165) is 21.4 Å². The Hall–Kier alpha value is -1.88. The molecule has 0 amide bonds. The van der Waals surface area contributed by atoms with Gasteiger partial charge in [-0.15, -0.1) is 0 Å². The first-order valence-corrected chi connectivity index (χ1v) is 6.08. The lowest BCUT2D eigenvalue weighted by molar-refractivity contribution is 0.0690. The van der Waals surface area contributed by atoms with E-state index in [1.807, 2.05) is 25.1 Å². The smallest absolute Gasteiger partial charge is 0.354 e. The van der Waals surface area contributed by atoms with E-state index in [4.69, 9.17) is 5.11 Å². The summed E-state index contributed by atoms with van der Waals surface area (Å²) in [6, 6.07) is 9.03. The molecule has 0 spiro atoms. The molecule has 2 N–H and O–H groups in total. The molecule has 0 bridgehead atoms. The SMILES string of the molecule is Cc1cccc(Nc2ccc(C(=O)O)nc2)c1Br. The molecule has 5 heteroatoms. The fourth-order valence-electron chi connectivity index (χ4n) is 1.49. The second-order valence-corrected chi connectivity index (χ2v) is 4.59. The van der Waals surface area contributed by atoms with Crippen molar-refractivity contribution in [2.75, 3.05) is 5.32 Å². The first-order chi connectivity index (χ1) is 8.58. The van der Waals surface area contributed by atoms with Crippen LogP contribution in [0.2, 0.25) is 0 Å². The number of pyridine rings is 1. The van der Waals surface area contributed by atoms with Crippen LogP contribution in [0.3, 0.4) is 0 Å². The molecule has 2 rings (SSSR count). The molecule has 18 heavy (non-hydrogen) atoms. The number of benzene rings is 1. The van der Waals surface area contributed by atoms with Gasteiger partial charge in [0.1, 0.15) is 5.69 Å². The van der Waals surface area contributed by atoms with Gasteiger partial charge in [-0.25, -0.2) is 9.78 Å². The largest absolute Gasteiger partial charge is 0.477 e. The standard InChI is InChI=1S/C13H11BrN2O2/c1-8-3-2-4-10(12(8)14)16-9-5-6-11(13(17)18)15-7-9/h2-7,16H,1H3,(H,17,18). The number of hydrogen-bond acceptors (Lipinski definition) is 3. The third-order valence-corrected chi connectivity index (χ3v) is 3.51. The number of carboxylic acid groups (broad SMARTS) is 1. The highest BCUT2D eigenvalue weighted by Crippen LogP contribution is 2.28. The Balaban J connectivity index is 2.24. The van der Waals surface area contributed by atoms with Gasteiger partial charge in [-0.3, -0.25) is 0 Å². The highest BCUT2D eigenvalue weighted by Gasteiger charge is 2.05. The number of halogens is 1. The van der Waals surface area contributed by atoms with Gasteiger partial charge in [-0.05, 0) is 46.6 Å². The van der Waals surface area contributed by atoms with E-state index in [1.54, 1.807) is 6.07 Å². The quantitative estimate of drug-likeness (QED) is 0.909. The van der Waals surface area contributed by atoms with Gasteiger partial charge < -0.3 is 10.4 Å². The molecule has 0 aliphatic heterocycles. The highest BCUT2D eigenvalue weighted by atomic mass is 79.9. The monoisotopic (exact) mass is 306 g/mol. The molecule has 0 saturated carbocycles. The van der Waals surface area contributed by atoms with Crippen molar-refractivity contribution in [1.82, 2.24) is 4.98 Å². The Labute approximate surface area is 113 Å². The van der Waals surface area contributed by atoms with Gasteiger partial charge >= 0.3 is 5.97 Å². The maximum atomic E-state index is 10.7. The summed E-state index contributed by atoms with van der Waals surface area (Å²) in [5.41, 5.74) is 2.81. The van der Waals surface area contributed by atoms with Crippen LogP contribution in [0.5, 0.6) is 0 Å². The third kappa shape index (κ3) is 2.68. The molecule has 0 fully saturated rings. The van der Waals surface area contributed by atoms with E-state index >= 15 is 0 Å². The van der Waals surface area contributed by atoms with Crippen molar-refractivity contribution in [3.8, 4) is 0 Å². The van der Waals surface area contributed by atoms with E-state index < -0.39 is 5.97 Å². The number of carboxylic acids is 1. The van der Waals surface area contributed by atoms with Crippen molar-refractivity contribution >= 4 is 33.3 Å². The van der Waals surface area contributed by atoms with Crippen LogP contribution in [-0.2, 0) is 0 Å². The normalized spacial score (nSPS) is 10.1. The zero-order valence-corrected chi connectivity index (χ0v) is 11.2. The molecular formula is C13H11BrN2O2. The van der Waals surface area contributed by atoms with Gasteiger partial charge in [0, 0.05) is 4.47 Å². The Morgan fingerprint density at radius 3 is 2.72 bits per heavy atom. The number of carbonyl (C=O) groups is 1. The number of aryl methyl sites for hydroxylation is 1. The molecule has 0 radical (unpaired) electrons. The zero-order chi connectivity index (χ0) is 13.1. The number of nitrogens with zero attached hydrogens (tertiary/aromatic N) is 1. The molecule has 4 nitrogen and oxygen atoms in total. The van der Waals surface area contributed by atoms with E-state index in [2.05, 4.69) is 26.2 Å². The van der Waals surface area contributed by atoms with Crippen molar-refractivity contribution in [1.29, 1.82) is 0 Å². The third-order valence-electron chi connectivity index (χ3n) is 2.45. The number of nitrogens with one attached hydrogen (secondary N) is 1. The van der Waals surface area contributed by atoms with E-state index in [1.165, 1.54) is 12.3 Å². The topological polar surface area (TPSA) is 62.2 Å². The maximum Gasteiger partial charge on any atom is 0.354 e. The first kappa shape index (κ1) is 12.6. The van der Waals surface area contributed by atoms with Crippen LogP contribution in [0.15, 0.2) is 41.0 Å². The molecule has 0 aliphatic carbocycles. The van der Waals surface area contributed by atoms with Gasteiger partial charge in [0.05, 0.1) is 17.6 Å². The van der Waals surface area contributed by atoms with Crippen LogP contribution in [0.1, 0.15) is 16.1 Å². The maximum absolute atomic E-state index is 10.7. The second kappa shape index (κ2) is 5.18. The summed E-state index contributed by atoms with van der Waals surface area (Å²) < 4.78 is 0.979. The van der Waals surface area contributed by atoms with Crippen molar-refractivity contribution < 1.29 is 9.90 Å². The summed E-state index contributed by atoms with van der Waals surface area (Å²) in [5.74, 6) is -1.03. The molecule has 1 aromatic carbocycles. The number of hydrogen-bond donors (Lipinski definition) is 2. The second-order valence-electron chi connectivity index (χ2n) is 3.80. The van der Waals surface area contributed by atoms with Crippen molar-refractivity contribution in [2.45, 2.75) is 6.92 Å². The number of aromatic nitrogens is 1. The summed E-state index contributed by atoms with van der Waals surface area (Å²) in [4.78, 5) is 14.5. The van der Waals surface area contributed by atoms with Crippen molar-refractivity contribution in [3.05, 3.63) is 52.3 Å². The van der Waals surface area contributed by atoms with Gasteiger partial charge in [0.15, 0.2) is 0 Å². The fraction of sp³-hybridized carbons (Fsp3) is 0.0769.